The molecule has 3 aromatic heterocycles. The number of carbonyl (C=O) groups excluding carboxylic acids is 1. The quantitative estimate of drug-likeness (QED) is 0.712. The molecule has 0 aromatic carbocycles. The summed E-state index contributed by atoms with van der Waals surface area (Å²) >= 11 is 5.61. The van der Waals surface area contributed by atoms with Gasteiger partial charge in [0.25, 0.3) is 0 Å². The Morgan fingerprint density at radius 3 is 2.83 bits per heavy atom. The van der Waals surface area contributed by atoms with Crippen molar-refractivity contribution in [2.24, 2.45) is 0 Å². The normalized spacial score (nSPS) is 10.7. The minimum atomic E-state index is -0.345. The van der Waals surface area contributed by atoms with E-state index in [-0.39, 0.29) is 6.03 Å². The van der Waals surface area contributed by atoms with Gasteiger partial charge in [-0.15, -0.1) is 11.3 Å². The van der Waals surface area contributed by atoms with Gasteiger partial charge in [-0.25, -0.2) is 19.7 Å². The van der Waals surface area contributed by atoms with Crippen LogP contribution in [0.2, 0.25) is 0 Å². The molecule has 0 radical (unpaired) electrons. The Morgan fingerprint density at radius 1 is 1.30 bits per heavy atom. The van der Waals surface area contributed by atoms with E-state index >= 15 is 0 Å². The van der Waals surface area contributed by atoms with E-state index in [1.165, 1.54) is 4.31 Å². The number of fused-ring (bicyclic) bond motifs is 1. The SMILES string of the molecule is CCN(S)C(=O)Nc1ccc2ncc(-c3csc(C)n3)nc2n1. The van der Waals surface area contributed by atoms with E-state index in [0.29, 0.717) is 29.2 Å². The molecule has 7 nitrogen and oxygen atoms in total. The summed E-state index contributed by atoms with van der Waals surface area (Å²) in [7, 11) is 0. The fourth-order valence-electron chi connectivity index (χ4n) is 1.89. The molecular weight excluding hydrogens is 332 g/mol. The Morgan fingerprint density at radius 2 is 2.13 bits per heavy atom. The molecule has 2 amide bonds. The number of anilines is 1. The third kappa shape index (κ3) is 3.40. The van der Waals surface area contributed by atoms with Crippen molar-refractivity contribution in [3.05, 3.63) is 28.7 Å². The van der Waals surface area contributed by atoms with Gasteiger partial charge in [0.2, 0.25) is 0 Å². The number of carbonyl (C=O) groups is 1. The molecule has 9 heteroatoms. The Balaban J connectivity index is 1.93. The second kappa shape index (κ2) is 6.47. The lowest BCUT2D eigenvalue weighted by Crippen LogP contribution is -2.27. The van der Waals surface area contributed by atoms with Crippen LogP contribution in [0.4, 0.5) is 10.6 Å². The van der Waals surface area contributed by atoms with E-state index in [0.717, 1.165) is 10.7 Å². The lowest BCUT2D eigenvalue weighted by atomic mass is 10.3. The van der Waals surface area contributed by atoms with Crippen LogP contribution in [-0.2, 0) is 0 Å². The number of nitrogens with zero attached hydrogens (tertiary/aromatic N) is 5. The number of aromatic nitrogens is 4. The Labute approximate surface area is 142 Å². The molecule has 0 aliphatic carbocycles. The van der Waals surface area contributed by atoms with Crippen LogP contribution in [0.1, 0.15) is 11.9 Å². The highest BCUT2D eigenvalue weighted by Gasteiger charge is 2.11. The maximum atomic E-state index is 11.8. The summed E-state index contributed by atoms with van der Waals surface area (Å²) in [5.41, 5.74) is 2.53. The van der Waals surface area contributed by atoms with Gasteiger partial charge in [-0.05, 0) is 26.0 Å². The number of hydrogen-bond donors (Lipinski definition) is 2. The number of nitrogens with one attached hydrogen (secondary N) is 1. The van der Waals surface area contributed by atoms with Crippen molar-refractivity contribution in [3.8, 4) is 11.4 Å². The summed E-state index contributed by atoms with van der Waals surface area (Å²) < 4.78 is 1.26. The van der Waals surface area contributed by atoms with Crippen LogP contribution in [0.5, 0.6) is 0 Å². The van der Waals surface area contributed by atoms with Crippen molar-refractivity contribution in [3.63, 3.8) is 0 Å². The molecule has 118 valence electrons. The average Bonchev–Trinajstić information content (AvgIpc) is 2.99. The smallest absolute Gasteiger partial charge is 0.291 e. The molecule has 0 atom stereocenters. The molecule has 0 spiro atoms. The van der Waals surface area contributed by atoms with Crippen LogP contribution in [0.3, 0.4) is 0 Å². The van der Waals surface area contributed by atoms with Gasteiger partial charge in [0, 0.05) is 11.9 Å². The first-order valence-electron chi connectivity index (χ1n) is 6.90. The predicted molar refractivity (Wildman–Crippen MR) is 93.6 cm³/mol. The lowest BCUT2D eigenvalue weighted by molar-refractivity contribution is 0.240. The molecule has 3 rings (SSSR count). The maximum absolute atomic E-state index is 11.8. The standard InChI is InChI=1S/C14H14N6OS2/c1-3-20(22)14(21)19-12-5-4-9-13(18-12)17-10(6-15-9)11-7-23-8(2)16-11/h4-7,22H,3H2,1-2H3,(H,17,18,19,21). The number of thiol groups is 1. The number of thiazole rings is 1. The Hall–Kier alpha value is -2.26. The maximum Gasteiger partial charge on any atom is 0.332 e. The van der Waals surface area contributed by atoms with E-state index in [1.807, 2.05) is 19.2 Å². The van der Waals surface area contributed by atoms with Gasteiger partial charge >= 0.3 is 6.03 Å². The Kier molecular flexibility index (Phi) is 4.39. The van der Waals surface area contributed by atoms with Crippen LogP contribution in [0.15, 0.2) is 23.7 Å². The molecule has 0 saturated heterocycles. The van der Waals surface area contributed by atoms with E-state index in [9.17, 15) is 4.79 Å². The lowest BCUT2D eigenvalue weighted by Gasteiger charge is -2.13. The minimum absolute atomic E-state index is 0.345. The number of aryl methyl sites for hydroxylation is 1. The third-order valence-corrected chi connectivity index (χ3v) is 4.30. The average molecular weight is 346 g/mol. The van der Waals surface area contributed by atoms with Crippen molar-refractivity contribution in [1.29, 1.82) is 0 Å². The summed E-state index contributed by atoms with van der Waals surface area (Å²) in [5.74, 6) is 0.399. The first kappa shape index (κ1) is 15.6. The highest BCUT2D eigenvalue weighted by Crippen LogP contribution is 2.21. The fraction of sp³-hybridized carbons (Fsp3) is 0.214. The number of urea groups is 1. The summed E-state index contributed by atoms with van der Waals surface area (Å²) in [6.07, 6.45) is 1.67. The molecule has 1 N–H and O–H groups in total. The van der Waals surface area contributed by atoms with Crippen molar-refractivity contribution in [1.82, 2.24) is 24.2 Å². The van der Waals surface area contributed by atoms with Gasteiger partial charge in [0.05, 0.1) is 11.2 Å². The monoisotopic (exact) mass is 346 g/mol. The second-order valence-corrected chi connectivity index (χ2v) is 6.24. The second-order valence-electron chi connectivity index (χ2n) is 4.69. The topological polar surface area (TPSA) is 83.9 Å². The molecular formula is C14H14N6OS2. The van der Waals surface area contributed by atoms with Gasteiger partial charge in [-0.1, -0.05) is 12.8 Å². The first-order valence-corrected chi connectivity index (χ1v) is 8.18. The molecule has 3 heterocycles. The number of pyridine rings is 1. The third-order valence-electron chi connectivity index (χ3n) is 3.06. The Bertz CT molecular complexity index is 865. The highest BCUT2D eigenvalue weighted by molar-refractivity contribution is 7.78. The predicted octanol–water partition coefficient (Wildman–Crippen LogP) is 3.16. The van der Waals surface area contributed by atoms with Crippen LogP contribution < -0.4 is 5.32 Å². The van der Waals surface area contributed by atoms with E-state index in [2.05, 4.69) is 38.1 Å². The number of amides is 2. The van der Waals surface area contributed by atoms with Crippen LogP contribution in [-0.4, -0.2) is 36.8 Å². The minimum Gasteiger partial charge on any atom is -0.291 e. The zero-order valence-electron chi connectivity index (χ0n) is 12.5. The van der Waals surface area contributed by atoms with Crippen molar-refractivity contribution in [2.45, 2.75) is 13.8 Å². The zero-order valence-corrected chi connectivity index (χ0v) is 14.2. The van der Waals surface area contributed by atoms with Crippen LogP contribution in [0.25, 0.3) is 22.6 Å². The molecule has 3 aromatic rings. The van der Waals surface area contributed by atoms with Crippen LogP contribution >= 0.6 is 24.2 Å². The molecule has 0 bridgehead atoms. The summed E-state index contributed by atoms with van der Waals surface area (Å²) in [6, 6.07) is 3.09. The van der Waals surface area contributed by atoms with E-state index in [1.54, 1.807) is 29.7 Å². The van der Waals surface area contributed by atoms with E-state index < -0.39 is 0 Å². The van der Waals surface area contributed by atoms with Crippen LogP contribution in [0, 0.1) is 6.92 Å². The zero-order chi connectivity index (χ0) is 16.4. The van der Waals surface area contributed by atoms with E-state index in [4.69, 9.17) is 0 Å². The van der Waals surface area contributed by atoms with Gasteiger partial charge in [0.15, 0.2) is 5.65 Å². The largest absolute Gasteiger partial charge is 0.332 e. The van der Waals surface area contributed by atoms with Gasteiger partial charge in [-0.2, -0.15) is 0 Å². The summed E-state index contributed by atoms with van der Waals surface area (Å²) in [6.45, 7) is 4.25. The molecule has 23 heavy (non-hydrogen) atoms. The molecule has 0 aliphatic rings. The highest BCUT2D eigenvalue weighted by atomic mass is 32.1. The van der Waals surface area contributed by atoms with Crippen molar-refractivity contribution >= 4 is 47.2 Å². The number of rotatable bonds is 3. The molecule has 0 fully saturated rings. The van der Waals surface area contributed by atoms with Crippen molar-refractivity contribution in [2.75, 3.05) is 11.9 Å². The molecule has 0 aliphatic heterocycles. The number of hydrogen-bond acceptors (Lipinski definition) is 7. The fourth-order valence-corrected chi connectivity index (χ4v) is 2.55. The summed E-state index contributed by atoms with van der Waals surface area (Å²) in [4.78, 5) is 29.4. The van der Waals surface area contributed by atoms with Crippen molar-refractivity contribution < 1.29 is 4.79 Å². The molecule has 0 saturated carbocycles. The first-order chi connectivity index (χ1) is 11.1. The van der Waals surface area contributed by atoms with Gasteiger partial charge < -0.3 is 0 Å². The van der Waals surface area contributed by atoms with Gasteiger partial charge in [0.1, 0.15) is 22.7 Å². The van der Waals surface area contributed by atoms with Gasteiger partial charge in [-0.3, -0.25) is 14.6 Å². The summed E-state index contributed by atoms with van der Waals surface area (Å²) in [5, 5.41) is 5.56. The molecule has 0 unspecified atom stereocenters.